The number of thiazole rings is 1. The van der Waals surface area contributed by atoms with Crippen molar-refractivity contribution in [1.29, 1.82) is 0 Å². The number of carboxylic acid groups (broad SMARTS) is 1. The molecule has 15 heteroatoms. The summed E-state index contributed by atoms with van der Waals surface area (Å²) in [6, 6.07) is 11.9. The summed E-state index contributed by atoms with van der Waals surface area (Å²) in [5, 5.41) is 26.5. The fraction of sp³-hybridized carbons (Fsp3) is 0.625. The van der Waals surface area contributed by atoms with Gasteiger partial charge < -0.3 is 34.6 Å². The highest BCUT2D eigenvalue weighted by atomic mass is 32.1. The standard InChI is InChI=1S/C48H66N6O8S/c1-33(2)27-42-49-38(31-63-42)46(57)54-24-26-62-48(32-54)16-20-51(21-17-48)29-35-8-6-7-34(28-35)15-25-60-40-14-19-53(44(40)47(58)59)23-22-52(37-9-4-3-5-10-37)18-13-36-11-12-39(55)43-45(36)61-30-41(56)50-43/h6-8,11-12,28,31,33,37,40,44,55H,3-5,9-10,13-27,29-30,32H2,1-2H3,(H,50,56)(H,58,59)/t40?,44-/m0/s1. The lowest BCUT2D eigenvalue weighted by atomic mass is 9.89. The number of anilines is 1. The summed E-state index contributed by atoms with van der Waals surface area (Å²) in [6.07, 6.45) is 10.2. The number of hydrogen-bond donors (Lipinski definition) is 3. The number of carbonyl (C=O) groups is 3. The Labute approximate surface area is 375 Å². The third-order valence-corrected chi connectivity index (χ3v) is 14.6. The molecule has 2 atom stereocenters. The minimum Gasteiger partial charge on any atom is -0.506 e. The van der Waals surface area contributed by atoms with Crippen LogP contribution in [0.2, 0.25) is 0 Å². The van der Waals surface area contributed by atoms with Gasteiger partial charge in [-0.3, -0.25) is 29.1 Å². The molecule has 5 aliphatic rings. The van der Waals surface area contributed by atoms with Gasteiger partial charge in [-0.25, -0.2) is 4.98 Å². The number of aliphatic carboxylic acids is 1. The highest BCUT2D eigenvalue weighted by Crippen LogP contribution is 2.40. The van der Waals surface area contributed by atoms with Gasteiger partial charge in [-0.05, 0) is 73.6 Å². The number of piperidine rings is 1. The number of aromatic hydroxyl groups is 1. The van der Waals surface area contributed by atoms with E-state index in [1.807, 2.05) is 16.3 Å². The molecule has 0 bridgehead atoms. The number of rotatable bonds is 17. The summed E-state index contributed by atoms with van der Waals surface area (Å²) < 4.78 is 18.5. The number of nitrogens with zero attached hydrogens (tertiary/aromatic N) is 5. The van der Waals surface area contributed by atoms with Crippen molar-refractivity contribution in [3.63, 3.8) is 0 Å². The lowest BCUT2D eigenvalue weighted by Gasteiger charge is -2.47. The molecular weight excluding hydrogens is 821 g/mol. The maximum Gasteiger partial charge on any atom is 0.323 e. The van der Waals surface area contributed by atoms with Gasteiger partial charge in [-0.1, -0.05) is 63.4 Å². The first kappa shape index (κ1) is 45.4. The molecule has 3 saturated heterocycles. The minimum absolute atomic E-state index is 0.00495. The second-order valence-corrected chi connectivity index (χ2v) is 19.7. The number of aromatic nitrogens is 1. The van der Waals surface area contributed by atoms with Crippen LogP contribution < -0.4 is 10.1 Å². The van der Waals surface area contributed by atoms with Gasteiger partial charge in [0.25, 0.3) is 11.8 Å². The van der Waals surface area contributed by atoms with E-state index >= 15 is 0 Å². The molecule has 4 fully saturated rings. The Balaban J connectivity index is 0.798. The van der Waals surface area contributed by atoms with Gasteiger partial charge in [0.05, 0.1) is 36.5 Å². The number of benzene rings is 2. The van der Waals surface area contributed by atoms with Crippen molar-refractivity contribution in [3.05, 3.63) is 69.2 Å². The largest absolute Gasteiger partial charge is 0.506 e. The first-order valence-electron chi connectivity index (χ1n) is 23.3. The molecule has 4 aliphatic heterocycles. The first-order chi connectivity index (χ1) is 30.5. The molecule has 3 N–H and O–H groups in total. The Morgan fingerprint density at radius 3 is 2.63 bits per heavy atom. The summed E-state index contributed by atoms with van der Waals surface area (Å²) >= 11 is 1.58. The summed E-state index contributed by atoms with van der Waals surface area (Å²) in [5.41, 5.74) is 3.94. The smallest absolute Gasteiger partial charge is 0.323 e. The Hall–Kier alpha value is -4.12. The van der Waals surface area contributed by atoms with Crippen LogP contribution in [0, 0.1) is 5.92 Å². The number of amides is 2. The van der Waals surface area contributed by atoms with Crippen molar-refractivity contribution in [2.45, 2.75) is 115 Å². The molecule has 1 spiro atoms. The molecule has 1 aliphatic carbocycles. The molecule has 3 aromatic rings. The van der Waals surface area contributed by atoms with E-state index in [0.717, 1.165) is 75.4 Å². The number of hydrogen-bond acceptors (Lipinski definition) is 12. The van der Waals surface area contributed by atoms with Gasteiger partial charge in [0, 0.05) is 70.2 Å². The molecule has 1 saturated carbocycles. The monoisotopic (exact) mass is 886 g/mol. The molecule has 14 nitrogen and oxygen atoms in total. The van der Waals surface area contributed by atoms with Crippen LogP contribution in [0.5, 0.6) is 11.5 Å². The van der Waals surface area contributed by atoms with E-state index in [4.69, 9.17) is 14.2 Å². The zero-order valence-corrected chi connectivity index (χ0v) is 37.9. The Kier molecular flexibility index (Phi) is 15.0. The van der Waals surface area contributed by atoms with Crippen LogP contribution in [0.25, 0.3) is 0 Å². The van der Waals surface area contributed by atoms with Crippen LogP contribution in [0.3, 0.4) is 0 Å². The number of carbonyl (C=O) groups excluding carboxylic acids is 2. The number of morpholine rings is 1. The average molecular weight is 887 g/mol. The topological polar surface area (TPSA) is 157 Å². The molecule has 2 amide bonds. The van der Waals surface area contributed by atoms with Gasteiger partial charge >= 0.3 is 5.97 Å². The van der Waals surface area contributed by atoms with Crippen LogP contribution >= 0.6 is 11.3 Å². The number of phenols is 1. The van der Waals surface area contributed by atoms with Crippen molar-refractivity contribution in [2.24, 2.45) is 5.92 Å². The zero-order valence-electron chi connectivity index (χ0n) is 37.1. The lowest BCUT2D eigenvalue weighted by molar-refractivity contribution is -0.146. The van der Waals surface area contributed by atoms with E-state index in [1.165, 1.54) is 30.4 Å². The van der Waals surface area contributed by atoms with Crippen LogP contribution in [0.1, 0.15) is 97.4 Å². The molecular formula is C48H66N6O8S. The van der Waals surface area contributed by atoms with Gasteiger partial charge in [-0.15, -0.1) is 11.3 Å². The van der Waals surface area contributed by atoms with Crippen molar-refractivity contribution < 1.29 is 38.8 Å². The Morgan fingerprint density at radius 2 is 1.84 bits per heavy atom. The van der Waals surface area contributed by atoms with Gasteiger partial charge in [0.1, 0.15) is 23.2 Å². The zero-order chi connectivity index (χ0) is 43.9. The van der Waals surface area contributed by atoms with Crippen molar-refractivity contribution >= 4 is 34.8 Å². The van der Waals surface area contributed by atoms with Crippen molar-refractivity contribution in [1.82, 2.24) is 24.6 Å². The number of phenolic OH excluding ortho intramolecular Hbond substituents is 1. The summed E-state index contributed by atoms with van der Waals surface area (Å²) in [5.74, 6) is -0.0720. The third kappa shape index (κ3) is 11.4. The Morgan fingerprint density at radius 1 is 1.03 bits per heavy atom. The summed E-state index contributed by atoms with van der Waals surface area (Å²) in [6.45, 7) is 11.9. The SMILES string of the molecule is CC(C)Cc1nc(C(=O)N2CCOC3(CCN(Cc4cccc(CCOC5CCN(CCN(CCc6ccc(O)c7c6OCC(=O)N7)C6CCCCC6)[C@@H]5C(=O)O)c4)CC3)C2)cs1. The predicted molar refractivity (Wildman–Crippen MR) is 242 cm³/mol. The van der Waals surface area contributed by atoms with Crippen molar-refractivity contribution in [2.75, 3.05) is 77.5 Å². The molecule has 1 aromatic heterocycles. The fourth-order valence-corrected chi connectivity index (χ4v) is 11.3. The fourth-order valence-electron chi connectivity index (χ4n) is 10.3. The quantitative estimate of drug-likeness (QED) is 0.139. The first-order valence-corrected chi connectivity index (χ1v) is 24.2. The summed E-state index contributed by atoms with van der Waals surface area (Å²) in [4.78, 5) is 51.8. The highest BCUT2D eigenvalue weighted by Gasteiger charge is 2.42. The maximum atomic E-state index is 13.4. The van der Waals surface area contributed by atoms with Crippen LogP contribution in [-0.2, 0) is 44.9 Å². The van der Waals surface area contributed by atoms with Crippen LogP contribution in [0.15, 0.2) is 41.8 Å². The number of likely N-dealkylation sites (tertiary alicyclic amines) is 2. The Bertz CT molecular complexity index is 2050. The number of nitrogens with one attached hydrogen (secondary N) is 1. The van der Waals surface area contributed by atoms with E-state index in [9.17, 15) is 24.6 Å². The van der Waals surface area contributed by atoms with E-state index in [2.05, 4.69) is 63.1 Å². The number of fused-ring (bicyclic) bond motifs is 1. The maximum absolute atomic E-state index is 13.4. The second-order valence-electron chi connectivity index (χ2n) is 18.7. The molecule has 0 radical (unpaired) electrons. The van der Waals surface area contributed by atoms with E-state index in [0.29, 0.717) is 87.7 Å². The predicted octanol–water partition coefficient (Wildman–Crippen LogP) is 5.85. The van der Waals surface area contributed by atoms with Crippen LogP contribution in [-0.4, -0.2) is 149 Å². The molecule has 5 heterocycles. The lowest BCUT2D eigenvalue weighted by Crippen LogP contribution is -2.58. The van der Waals surface area contributed by atoms with E-state index in [-0.39, 0.29) is 35.9 Å². The van der Waals surface area contributed by atoms with E-state index in [1.54, 1.807) is 17.4 Å². The molecule has 8 rings (SSSR count). The number of ether oxygens (including phenoxy) is 3. The normalized spacial score (nSPS) is 22.1. The molecule has 1 unspecified atom stereocenters. The van der Waals surface area contributed by atoms with Crippen molar-refractivity contribution in [3.8, 4) is 11.5 Å². The third-order valence-electron chi connectivity index (χ3n) is 13.7. The van der Waals surface area contributed by atoms with Gasteiger partial charge in [0.2, 0.25) is 0 Å². The number of carboxylic acids is 1. The average Bonchev–Trinajstić information content (AvgIpc) is 3.92. The molecule has 342 valence electrons. The molecule has 63 heavy (non-hydrogen) atoms. The molecule has 2 aromatic carbocycles. The second kappa shape index (κ2) is 20.8. The minimum atomic E-state index is -0.838. The van der Waals surface area contributed by atoms with Gasteiger partial charge in [0.15, 0.2) is 12.4 Å². The summed E-state index contributed by atoms with van der Waals surface area (Å²) in [7, 11) is 0. The van der Waals surface area contributed by atoms with E-state index < -0.39 is 12.0 Å². The van der Waals surface area contributed by atoms with Crippen LogP contribution in [0.4, 0.5) is 5.69 Å². The highest BCUT2D eigenvalue weighted by molar-refractivity contribution is 7.09. The van der Waals surface area contributed by atoms with Gasteiger partial charge in [-0.2, -0.15) is 0 Å².